The molecule has 0 spiro atoms. The van der Waals surface area contributed by atoms with Gasteiger partial charge in [0, 0.05) is 13.6 Å². The molecule has 0 radical (unpaired) electrons. The Morgan fingerprint density at radius 1 is 1.32 bits per heavy atom. The van der Waals surface area contributed by atoms with Gasteiger partial charge in [0.1, 0.15) is 0 Å². The molecular weight excluding hydrogens is 260 g/mol. The maximum atomic E-state index is 6.25. The van der Waals surface area contributed by atoms with Gasteiger partial charge >= 0.3 is 0 Å². The third-order valence-corrected chi connectivity index (χ3v) is 3.82. The second-order valence-corrected chi connectivity index (χ2v) is 5.42. The smallest absolute Gasteiger partial charge is 0.172 e. The van der Waals surface area contributed by atoms with Crippen LogP contribution >= 0.6 is 11.6 Å². The zero-order chi connectivity index (χ0) is 13.2. The van der Waals surface area contributed by atoms with Crippen LogP contribution in [0.15, 0.2) is 24.3 Å². The Balaban J connectivity index is 1.88. The molecule has 1 aliphatic heterocycles. The fraction of sp³-hybridized carbons (Fsp3) is 0.429. The fourth-order valence-electron chi connectivity index (χ4n) is 2.56. The van der Waals surface area contributed by atoms with E-state index >= 15 is 0 Å². The first kappa shape index (κ1) is 12.6. The quantitative estimate of drug-likeness (QED) is 0.934. The first-order valence-electron chi connectivity index (χ1n) is 6.58. The minimum absolute atomic E-state index is 0.479. The molecule has 2 heterocycles. The molecule has 100 valence electrons. The summed E-state index contributed by atoms with van der Waals surface area (Å²) >= 11 is 6.25. The molecule has 1 fully saturated rings. The van der Waals surface area contributed by atoms with Crippen LogP contribution in [0.4, 0.5) is 5.82 Å². The van der Waals surface area contributed by atoms with Crippen LogP contribution in [-0.2, 0) is 0 Å². The van der Waals surface area contributed by atoms with E-state index < -0.39 is 0 Å². The molecule has 1 aromatic carbocycles. The molecule has 2 aromatic rings. The zero-order valence-electron chi connectivity index (χ0n) is 10.9. The number of nitrogens with zero attached hydrogens (tertiary/aromatic N) is 3. The molecule has 1 saturated heterocycles. The van der Waals surface area contributed by atoms with Crippen molar-refractivity contribution in [3.63, 3.8) is 0 Å². The molecule has 1 N–H and O–H groups in total. The number of para-hydroxylation sites is 2. The van der Waals surface area contributed by atoms with E-state index in [9.17, 15) is 0 Å². The first-order valence-corrected chi connectivity index (χ1v) is 6.96. The summed E-state index contributed by atoms with van der Waals surface area (Å²) < 4.78 is 0. The number of fused-ring (bicyclic) bond motifs is 1. The third-order valence-electron chi connectivity index (χ3n) is 3.57. The predicted molar refractivity (Wildman–Crippen MR) is 78.8 cm³/mol. The van der Waals surface area contributed by atoms with Gasteiger partial charge in [-0.2, -0.15) is 0 Å². The number of anilines is 1. The SMILES string of the molecule is CN(C[C@H]1CCNC1)c1nc2ccccc2nc1Cl. The Morgan fingerprint density at radius 2 is 2.05 bits per heavy atom. The Kier molecular flexibility index (Phi) is 3.53. The van der Waals surface area contributed by atoms with Gasteiger partial charge in [-0.25, -0.2) is 9.97 Å². The maximum Gasteiger partial charge on any atom is 0.172 e. The number of hydrogen-bond acceptors (Lipinski definition) is 4. The van der Waals surface area contributed by atoms with Crippen LogP contribution in [0.1, 0.15) is 6.42 Å². The number of nitrogens with one attached hydrogen (secondary N) is 1. The normalized spacial score (nSPS) is 18.9. The van der Waals surface area contributed by atoms with Crippen molar-refractivity contribution in [2.45, 2.75) is 6.42 Å². The van der Waals surface area contributed by atoms with Gasteiger partial charge in [-0.3, -0.25) is 0 Å². The third kappa shape index (κ3) is 2.65. The second kappa shape index (κ2) is 5.31. The van der Waals surface area contributed by atoms with Gasteiger partial charge in [0.05, 0.1) is 11.0 Å². The van der Waals surface area contributed by atoms with E-state index in [2.05, 4.69) is 20.2 Å². The number of hydrogen-bond donors (Lipinski definition) is 1. The Hall–Kier alpha value is -1.39. The molecule has 19 heavy (non-hydrogen) atoms. The molecule has 3 rings (SSSR count). The largest absolute Gasteiger partial charge is 0.357 e. The average Bonchev–Trinajstić information content (AvgIpc) is 2.90. The van der Waals surface area contributed by atoms with Gasteiger partial charge in [-0.05, 0) is 37.6 Å². The molecular formula is C14H17ClN4. The van der Waals surface area contributed by atoms with E-state index in [1.54, 1.807) is 0 Å². The Morgan fingerprint density at radius 3 is 2.74 bits per heavy atom. The fourth-order valence-corrected chi connectivity index (χ4v) is 2.83. The van der Waals surface area contributed by atoms with E-state index in [0.29, 0.717) is 11.1 Å². The van der Waals surface area contributed by atoms with Crippen LogP contribution in [0, 0.1) is 5.92 Å². The molecule has 0 saturated carbocycles. The molecule has 0 amide bonds. The predicted octanol–water partition coefficient (Wildman–Crippen LogP) is 2.33. The standard InChI is InChI=1S/C14H17ClN4/c1-19(9-10-6-7-16-8-10)14-13(15)17-11-4-2-3-5-12(11)18-14/h2-5,10,16H,6-9H2,1H3/t10-/m0/s1. The average molecular weight is 277 g/mol. The number of benzene rings is 1. The minimum Gasteiger partial charge on any atom is -0.357 e. The lowest BCUT2D eigenvalue weighted by atomic mass is 10.1. The highest BCUT2D eigenvalue weighted by Gasteiger charge is 2.19. The lowest BCUT2D eigenvalue weighted by Gasteiger charge is -2.22. The molecule has 1 aromatic heterocycles. The molecule has 0 bridgehead atoms. The van der Waals surface area contributed by atoms with E-state index in [1.807, 2.05) is 31.3 Å². The van der Waals surface area contributed by atoms with Crippen molar-refractivity contribution < 1.29 is 0 Å². The van der Waals surface area contributed by atoms with Crippen molar-refractivity contribution in [1.82, 2.24) is 15.3 Å². The summed E-state index contributed by atoms with van der Waals surface area (Å²) in [4.78, 5) is 11.2. The van der Waals surface area contributed by atoms with Crippen molar-refractivity contribution >= 4 is 28.5 Å². The van der Waals surface area contributed by atoms with Crippen molar-refractivity contribution in [2.24, 2.45) is 5.92 Å². The Bertz CT molecular complexity index is 581. The van der Waals surface area contributed by atoms with Gasteiger partial charge in [0.25, 0.3) is 0 Å². The topological polar surface area (TPSA) is 41.0 Å². The molecule has 0 unspecified atom stereocenters. The van der Waals surface area contributed by atoms with Crippen LogP contribution < -0.4 is 10.2 Å². The monoisotopic (exact) mass is 276 g/mol. The van der Waals surface area contributed by atoms with Gasteiger partial charge in [-0.15, -0.1) is 0 Å². The number of aromatic nitrogens is 2. The lowest BCUT2D eigenvalue weighted by molar-refractivity contribution is 0.576. The summed E-state index contributed by atoms with van der Waals surface area (Å²) in [6.07, 6.45) is 1.21. The minimum atomic E-state index is 0.479. The van der Waals surface area contributed by atoms with E-state index in [4.69, 9.17) is 11.6 Å². The highest BCUT2D eigenvalue weighted by Crippen LogP contribution is 2.25. The highest BCUT2D eigenvalue weighted by atomic mass is 35.5. The molecule has 1 atom stereocenters. The molecule has 0 aliphatic carbocycles. The zero-order valence-corrected chi connectivity index (χ0v) is 11.7. The van der Waals surface area contributed by atoms with Crippen LogP contribution in [-0.4, -0.2) is 36.6 Å². The van der Waals surface area contributed by atoms with Crippen molar-refractivity contribution in [3.8, 4) is 0 Å². The summed E-state index contributed by atoms with van der Waals surface area (Å²) in [6.45, 7) is 3.14. The van der Waals surface area contributed by atoms with Crippen molar-refractivity contribution in [3.05, 3.63) is 29.4 Å². The first-order chi connectivity index (χ1) is 9.24. The van der Waals surface area contributed by atoms with E-state index in [-0.39, 0.29) is 0 Å². The van der Waals surface area contributed by atoms with Gasteiger partial charge in [-0.1, -0.05) is 23.7 Å². The summed E-state index contributed by atoms with van der Waals surface area (Å²) in [5.41, 5.74) is 1.73. The van der Waals surface area contributed by atoms with E-state index in [1.165, 1.54) is 6.42 Å². The lowest BCUT2D eigenvalue weighted by Crippen LogP contribution is -2.27. The van der Waals surface area contributed by atoms with Crippen LogP contribution in [0.2, 0.25) is 5.15 Å². The second-order valence-electron chi connectivity index (χ2n) is 5.07. The van der Waals surface area contributed by atoms with Crippen LogP contribution in [0.25, 0.3) is 11.0 Å². The maximum absolute atomic E-state index is 6.25. The Labute approximate surface area is 117 Å². The summed E-state index contributed by atoms with van der Waals surface area (Å²) in [5.74, 6) is 1.43. The summed E-state index contributed by atoms with van der Waals surface area (Å²) in [6, 6.07) is 7.81. The molecule has 4 nitrogen and oxygen atoms in total. The van der Waals surface area contributed by atoms with Crippen LogP contribution in [0.5, 0.6) is 0 Å². The molecule has 5 heteroatoms. The van der Waals surface area contributed by atoms with Crippen molar-refractivity contribution in [1.29, 1.82) is 0 Å². The van der Waals surface area contributed by atoms with Gasteiger partial charge in [0.2, 0.25) is 0 Å². The summed E-state index contributed by atoms with van der Waals surface area (Å²) in [7, 11) is 2.03. The van der Waals surface area contributed by atoms with Gasteiger partial charge < -0.3 is 10.2 Å². The van der Waals surface area contributed by atoms with Crippen molar-refractivity contribution in [2.75, 3.05) is 31.6 Å². The van der Waals surface area contributed by atoms with E-state index in [0.717, 1.165) is 36.5 Å². The van der Waals surface area contributed by atoms with Gasteiger partial charge in [0.15, 0.2) is 11.0 Å². The summed E-state index contributed by atoms with van der Waals surface area (Å²) in [5, 5.41) is 3.86. The van der Waals surface area contributed by atoms with Crippen LogP contribution in [0.3, 0.4) is 0 Å². The molecule has 1 aliphatic rings. The number of rotatable bonds is 3. The number of halogens is 1. The highest BCUT2D eigenvalue weighted by molar-refractivity contribution is 6.32.